The van der Waals surface area contributed by atoms with E-state index in [4.69, 9.17) is 5.11 Å². The highest BCUT2D eigenvalue weighted by atomic mass is 19.1. The van der Waals surface area contributed by atoms with Crippen molar-refractivity contribution in [1.82, 2.24) is 4.90 Å². The molecular weight excluding hydrogens is 257 g/mol. The van der Waals surface area contributed by atoms with Gasteiger partial charge >= 0.3 is 0 Å². The van der Waals surface area contributed by atoms with Crippen LogP contribution in [0, 0.1) is 5.82 Å². The molecule has 0 spiro atoms. The lowest BCUT2D eigenvalue weighted by atomic mass is 10.1. The van der Waals surface area contributed by atoms with Crippen molar-refractivity contribution in [2.45, 2.75) is 38.1 Å². The first-order valence-corrected chi connectivity index (χ1v) is 7.34. The van der Waals surface area contributed by atoms with E-state index in [1.165, 1.54) is 25.0 Å². The zero-order valence-corrected chi connectivity index (χ0v) is 11.7. The quantitative estimate of drug-likeness (QED) is 0.780. The van der Waals surface area contributed by atoms with Gasteiger partial charge in [-0.3, -0.25) is 9.69 Å². The Hall–Kier alpha value is -1.26. The maximum Gasteiger partial charge on any atom is 0.164 e. The van der Waals surface area contributed by atoms with Crippen LogP contribution < -0.4 is 0 Å². The van der Waals surface area contributed by atoms with Crippen LogP contribution in [-0.4, -0.2) is 41.5 Å². The normalized spacial score (nSPS) is 15.9. The fourth-order valence-electron chi connectivity index (χ4n) is 2.93. The van der Waals surface area contributed by atoms with Crippen molar-refractivity contribution in [3.05, 3.63) is 35.6 Å². The molecule has 0 saturated heterocycles. The van der Waals surface area contributed by atoms with Gasteiger partial charge in [0, 0.05) is 31.1 Å². The van der Waals surface area contributed by atoms with Crippen LogP contribution in [-0.2, 0) is 0 Å². The Bertz CT molecular complexity index is 444. The smallest absolute Gasteiger partial charge is 0.164 e. The second kappa shape index (κ2) is 7.50. The summed E-state index contributed by atoms with van der Waals surface area (Å²) in [6.45, 7) is 1.37. The summed E-state index contributed by atoms with van der Waals surface area (Å²) in [6.07, 6.45) is 5.12. The average molecular weight is 279 g/mol. The van der Waals surface area contributed by atoms with Gasteiger partial charge in [0.25, 0.3) is 0 Å². The maximum atomic E-state index is 13.1. The van der Waals surface area contributed by atoms with E-state index in [1.807, 2.05) is 0 Å². The Kier molecular flexibility index (Phi) is 5.68. The highest BCUT2D eigenvalue weighted by Gasteiger charge is 2.22. The maximum absolute atomic E-state index is 13.1. The standard InChI is InChI=1S/C16H22FNO2/c17-14-5-3-4-13(12-14)16(20)8-9-18(10-11-19)15-6-1-2-7-15/h3-5,12,15,19H,1-2,6-11H2. The van der Waals surface area contributed by atoms with Crippen LogP contribution in [0.25, 0.3) is 0 Å². The summed E-state index contributed by atoms with van der Waals surface area (Å²) in [6, 6.07) is 6.33. The summed E-state index contributed by atoms with van der Waals surface area (Å²) in [7, 11) is 0. The van der Waals surface area contributed by atoms with Gasteiger partial charge in [-0.05, 0) is 25.0 Å². The Morgan fingerprint density at radius 3 is 2.70 bits per heavy atom. The fraction of sp³-hybridized carbons (Fsp3) is 0.562. The van der Waals surface area contributed by atoms with Gasteiger partial charge in [-0.1, -0.05) is 25.0 Å². The molecule has 0 atom stereocenters. The molecule has 4 heteroatoms. The number of halogens is 1. The number of benzene rings is 1. The molecule has 3 nitrogen and oxygen atoms in total. The number of aliphatic hydroxyl groups excluding tert-OH is 1. The predicted octanol–water partition coefficient (Wildman–Crippen LogP) is 2.64. The van der Waals surface area contributed by atoms with Crippen molar-refractivity contribution in [3.63, 3.8) is 0 Å². The number of Topliss-reactive ketones (excluding diaryl/α,β-unsaturated/α-hetero) is 1. The fourth-order valence-corrected chi connectivity index (χ4v) is 2.93. The number of hydrogen-bond acceptors (Lipinski definition) is 3. The lowest BCUT2D eigenvalue weighted by Crippen LogP contribution is -2.37. The Labute approximate surface area is 119 Å². The molecule has 20 heavy (non-hydrogen) atoms. The molecular formula is C16H22FNO2. The summed E-state index contributed by atoms with van der Waals surface area (Å²) in [4.78, 5) is 14.3. The zero-order chi connectivity index (χ0) is 14.4. The summed E-state index contributed by atoms with van der Waals surface area (Å²) in [5.41, 5.74) is 0.431. The lowest BCUT2D eigenvalue weighted by Gasteiger charge is -2.27. The molecule has 1 aromatic rings. The van der Waals surface area contributed by atoms with Crippen molar-refractivity contribution in [2.75, 3.05) is 19.7 Å². The van der Waals surface area contributed by atoms with E-state index in [1.54, 1.807) is 12.1 Å². The van der Waals surface area contributed by atoms with Gasteiger partial charge in [0.05, 0.1) is 6.61 Å². The third-order valence-corrected chi connectivity index (χ3v) is 4.00. The molecule has 0 radical (unpaired) electrons. The van der Waals surface area contributed by atoms with Crippen LogP contribution in [0.4, 0.5) is 4.39 Å². The first-order chi connectivity index (χ1) is 9.70. The topological polar surface area (TPSA) is 40.5 Å². The lowest BCUT2D eigenvalue weighted by molar-refractivity contribution is 0.0933. The number of aliphatic hydroxyl groups is 1. The minimum absolute atomic E-state index is 0.0366. The van der Waals surface area contributed by atoms with E-state index in [-0.39, 0.29) is 18.2 Å². The molecule has 1 aliphatic carbocycles. The molecule has 0 heterocycles. The number of carbonyl (C=O) groups excluding carboxylic acids is 1. The van der Waals surface area contributed by atoms with Gasteiger partial charge in [-0.2, -0.15) is 0 Å². The van der Waals surface area contributed by atoms with Gasteiger partial charge < -0.3 is 5.11 Å². The first-order valence-electron chi connectivity index (χ1n) is 7.34. The zero-order valence-electron chi connectivity index (χ0n) is 11.7. The van der Waals surface area contributed by atoms with Gasteiger partial charge in [-0.25, -0.2) is 4.39 Å². The number of nitrogens with zero attached hydrogens (tertiary/aromatic N) is 1. The SMILES string of the molecule is O=C(CCN(CCO)C1CCCC1)c1cccc(F)c1. The highest BCUT2D eigenvalue weighted by Crippen LogP contribution is 2.23. The molecule has 1 aromatic carbocycles. The molecule has 1 aliphatic rings. The molecule has 2 rings (SSSR count). The molecule has 1 fully saturated rings. The van der Waals surface area contributed by atoms with Gasteiger partial charge in [0.1, 0.15) is 5.82 Å². The van der Waals surface area contributed by atoms with E-state index in [2.05, 4.69) is 4.90 Å². The van der Waals surface area contributed by atoms with Crippen LogP contribution in [0.2, 0.25) is 0 Å². The van der Waals surface area contributed by atoms with Crippen LogP contribution >= 0.6 is 0 Å². The number of carbonyl (C=O) groups is 1. The summed E-state index contributed by atoms with van der Waals surface area (Å²) in [5.74, 6) is -0.413. The number of ketones is 1. The Morgan fingerprint density at radius 2 is 2.05 bits per heavy atom. The van der Waals surface area contributed by atoms with E-state index in [9.17, 15) is 9.18 Å². The van der Waals surface area contributed by atoms with Crippen molar-refractivity contribution in [2.24, 2.45) is 0 Å². The minimum Gasteiger partial charge on any atom is -0.395 e. The Morgan fingerprint density at radius 1 is 1.30 bits per heavy atom. The van der Waals surface area contributed by atoms with E-state index in [0.29, 0.717) is 31.1 Å². The van der Waals surface area contributed by atoms with Crippen LogP contribution in [0.3, 0.4) is 0 Å². The second-order valence-electron chi connectivity index (χ2n) is 5.38. The van der Waals surface area contributed by atoms with Crippen molar-refractivity contribution < 1.29 is 14.3 Å². The monoisotopic (exact) mass is 279 g/mol. The number of hydrogen-bond donors (Lipinski definition) is 1. The third-order valence-electron chi connectivity index (χ3n) is 4.00. The van der Waals surface area contributed by atoms with Gasteiger partial charge in [-0.15, -0.1) is 0 Å². The van der Waals surface area contributed by atoms with Crippen LogP contribution in [0.5, 0.6) is 0 Å². The van der Waals surface area contributed by atoms with Crippen molar-refractivity contribution in [1.29, 1.82) is 0 Å². The molecule has 0 bridgehead atoms. The summed E-state index contributed by atoms with van der Waals surface area (Å²) in [5, 5.41) is 9.14. The first kappa shape index (κ1) is 15.1. The van der Waals surface area contributed by atoms with Gasteiger partial charge in [0.15, 0.2) is 5.78 Å². The molecule has 0 amide bonds. The molecule has 0 aromatic heterocycles. The molecule has 1 N–H and O–H groups in total. The second-order valence-corrected chi connectivity index (χ2v) is 5.38. The van der Waals surface area contributed by atoms with E-state index in [0.717, 1.165) is 12.8 Å². The van der Waals surface area contributed by atoms with Crippen LogP contribution in [0.15, 0.2) is 24.3 Å². The van der Waals surface area contributed by atoms with Crippen LogP contribution in [0.1, 0.15) is 42.5 Å². The molecule has 110 valence electrons. The minimum atomic E-state index is -0.376. The summed E-state index contributed by atoms with van der Waals surface area (Å²) >= 11 is 0. The molecule has 0 aliphatic heterocycles. The average Bonchev–Trinajstić information content (AvgIpc) is 2.97. The summed E-state index contributed by atoms with van der Waals surface area (Å²) < 4.78 is 13.1. The number of rotatable bonds is 7. The third kappa shape index (κ3) is 4.12. The molecule has 1 saturated carbocycles. The van der Waals surface area contributed by atoms with E-state index >= 15 is 0 Å². The van der Waals surface area contributed by atoms with Gasteiger partial charge in [0.2, 0.25) is 0 Å². The highest BCUT2D eigenvalue weighted by molar-refractivity contribution is 5.96. The van der Waals surface area contributed by atoms with Crippen molar-refractivity contribution >= 4 is 5.78 Å². The van der Waals surface area contributed by atoms with Crippen molar-refractivity contribution in [3.8, 4) is 0 Å². The Balaban J connectivity index is 1.89. The predicted molar refractivity (Wildman–Crippen MR) is 76.3 cm³/mol. The van der Waals surface area contributed by atoms with E-state index < -0.39 is 0 Å². The molecule has 0 unspecified atom stereocenters. The largest absolute Gasteiger partial charge is 0.395 e.